The van der Waals surface area contributed by atoms with Gasteiger partial charge in [0.1, 0.15) is 11.8 Å². The maximum absolute atomic E-state index is 8.59. The third kappa shape index (κ3) is 3.81. The van der Waals surface area contributed by atoms with Gasteiger partial charge in [0, 0.05) is 30.5 Å². The predicted molar refractivity (Wildman–Crippen MR) is 77.0 cm³/mol. The molecule has 1 aromatic carbocycles. The molecule has 4 nitrogen and oxygen atoms in total. The van der Waals surface area contributed by atoms with E-state index < -0.39 is 0 Å². The smallest absolute Gasteiger partial charge is 0.174 e. The summed E-state index contributed by atoms with van der Waals surface area (Å²) in [6, 6.07) is 13.9. The summed E-state index contributed by atoms with van der Waals surface area (Å²) in [5.41, 5.74) is 2.18. The quantitative estimate of drug-likeness (QED) is 0.874. The van der Waals surface area contributed by atoms with Crippen LogP contribution in [-0.4, -0.2) is 11.6 Å². The van der Waals surface area contributed by atoms with E-state index in [9.17, 15) is 0 Å². The van der Waals surface area contributed by atoms with E-state index in [1.807, 2.05) is 48.7 Å². The molecule has 0 saturated carbocycles. The molecule has 1 heterocycles. The van der Waals surface area contributed by atoms with Gasteiger partial charge in [-0.1, -0.05) is 24.3 Å². The fourth-order valence-electron chi connectivity index (χ4n) is 1.91. The van der Waals surface area contributed by atoms with Crippen molar-refractivity contribution in [1.29, 1.82) is 5.26 Å². The predicted octanol–water partition coefficient (Wildman–Crippen LogP) is 2.83. The lowest BCUT2D eigenvalue weighted by atomic mass is 10.1. The minimum Gasteiger partial charge on any atom is -0.478 e. The Morgan fingerprint density at radius 1 is 1.30 bits per heavy atom. The molecule has 1 unspecified atom stereocenters. The molecule has 0 saturated heterocycles. The van der Waals surface area contributed by atoms with Crippen LogP contribution in [0.3, 0.4) is 0 Å². The largest absolute Gasteiger partial charge is 0.478 e. The highest BCUT2D eigenvalue weighted by Gasteiger charge is 2.07. The summed E-state index contributed by atoms with van der Waals surface area (Å²) >= 11 is 0. The first-order valence-corrected chi connectivity index (χ1v) is 6.52. The van der Waals surface area contributed by atoms with Crippen LogP contribution in [0.1, 0.15) is 24.1 Å². The zero-order chi connectivity index (χ0) is 14.2. The standard InChI is InChI=1S/C16H17N3O/c1-13(14-6-4-9-18-11-14)19-12-15-5-2-3-7-16(15)20-10-8-17/h2-7,9,11,13,19H,10,12H2,1H3. The van der Waals surface area contributed by atoms with Gasteiger partial charge in [-0.2, -0.15) is 5.26 Å². The van der Waals surface area contributed by atoms with Gasteiger partial charge in [0.05, 0.1) is 0 Å². The van der Waals surface area contributed by atoms with Gasteiger partial charge in [-0.3, -0.25) is 4.98 Å². The van der Waals surface area contributed by atoms with Crippen LogP contribution < -0.4 is 10.1 Å². The molecule has 0 radical (unpaired) electrons. The molecule has 20 heavy (non-hydrogen) atoms. The zero-order valence-electron chi connectivity index (χ0n) is 11.4. The van der Waals surface area contributed by atoms with Gasteiger partial charge in [0.15, 0.2) is 6.61 Å². The number of rotatable bonds is 6. The summed E-state index contributed by atoms with van der Waals surface area (Å²) in [6.45, 7) is 2.84. The van der Waals surface area contributed by atoms with E-state index in [1.54, 1.807) is 6.20 Å². The van der Waals surface area contributed by atoms with E-state index in [1.165, 1.54) is 0 Å². The number of aromatic nitrogens is 1. The van der Waals surface area contributed by atoms with Crippen molar-refractivity contribution in [2.45, 2.75) is 19.5 Å². The number of nitrogens with zero attached hydrogens (tertiary/aromatic N) is 2. The lowest BCUT2D eigenvalue weighted by Crippen LogP contribution is -2.18. The van der Waals surface area contributed by atoms with Crippen molar-refractivity contribution in [2.24, 2.45) is 0 Å². The second kappa shape index (κ2) is 7.27. The van der Waals surface area contributed by atoms with Crippen LogP contribution >= 0.6 is 0 Å². The number of benzene rings is 1. The maximum atomic E-state index is 8.59. The number of hydrogen-bond acceptors (Lipinski definition) is 4. The number of para-hydroxylation sites is 1. The molecule has 0 aliphatic carbocycles. The molecule has 0 bridgehead atoms. The SMILES string of the molecule is CC(NCc1ccccc1OCC#N)c1cccnc1. The van der Waals surface area contributed by atoms with E-state index in [0.717, 1.165) is 16.9 Å². The Balaban J connectivity index is 1.99. The number of ether oxygens (including phenoxy) is 1. The van der Waals surface area contributed by atoms with E-state index in [4.69, 9.17) is 10.00 Å². The van der Waals surface area contributed by atoms with Crippen molar-refractivity contribution in [1.82, 2.24) is 10.3 Å². The molecule has 0 fully saturated rings. The lowest BCUT2D eigenvalue weighted by molar-refractivity contribution is 0.361. The average molecular weight is 267 g/mol. The van der Waals surface area contributed by atoms with Crippen LogP contribution in [-0.2, 0) is 6.54 Å². The maximum Gasteiger partial charge on any atom is 0.174 e. The van der Waals surface area contributed by atoms with Crippen LogP contribution in [0, 0.1) is 11.3 Å². The van der Waals surface area contributed by atoms with Gasteiger partial charge in [-0.15, -0.1) is 0 Å². The van der Waals surface area contributed by atoms with Crippen LogP contribution in [0.25, 0.3) is 0 Å². The topological polar surface area (TPSA) is 57.9 Å². The van der Waals surface area contributed by atoms with Gasteiger partial charge in [0.25, 0.3) is 0 Å². The molecule has 0 amide bonds. The zero-order valence-corrected chi connectivity index (χ0v) is 11.4. The molecule has 0 aliphatic rings. The monoisotopic (exact) mass is 267 g/mol. The first-order valence-electron chi connectivity index (χ1n) is 6.52. The Hall–Kier alpha value is -2.38. The summed E-state index contributed by atoms with van der Waals surface area (Å²) in [6.07, 6.45) is 3.62. The number of pyridine rings is 1. The van der Waals surface area contributed by atoms with Gasteiger partial charge in [-0.05, 0) is 24.6 Å². The van der Waals surface area contributed by atoms with Crippen LogP contribution in [0.5, 0.6) is 5.75 Å². The fourth-order valence-corrected chi connectivity index (χ4v) is 1.91. The molecule has 102 valence electrons. The summed E-state index contributed by atoms with van der Waals surface area (Å²) in [4.78, 5) is 4.12. The first kappa shape index (κ1) is 14.0. The minimum absolute atomic E-state index is 0.0647. The van der Waals surface area contributed by atoms with E-state index in [0.29, 0.717) is 6.54 Å². The van der Waals surface area contributed by atoms with Crippen molar-refractivity contribution in [2.75, 3.05) is 6.61 Å². The molecule has 2 aromatic rings. The van der Waals surface area contributed by atoms with Crippen molar-refractivity contribution < 1.29 is 4.74 Å². The average Bonchev–Trinajstić information content (AvgIpc) is 2.52. The molecule has 1 aromatic heterocycles. The molecule has 4 heteroatoms. The summed E-state index contributed by atoms with van der Waals surface area (Å²) in [5, 5.41) is 12.0. The van der Waals surface area contributed by atoms with Crippen molar-refractivity contribution in [3.63, 3.8) is 0 Å². The number of hydrogen-bond donors (Lipinski definition) is 1. The van der Waals surface area contributed by atoms with Crippen LogP contribution in [0.2, 0.25) is 0 Å². The van der Waals surface area contributed by atoms with Gasteiger partial charge in [-0.25, -0.2) is 0 Å². The Morgan fingerprint density at radius 3 is 2.90 bits per heavy atom. The summed E-state index contributed by atoms with van der Waals surface area (Å²) < 4.78 is 5.41. The Bertz CT molecular complexity index is 578. The third-order valence-electron chi connectivity index (χ3n) is 3.05. The van der Waals surface area contributed by atoms with E-state index >= 15 is 0 Å². The second-order valence-corrected chi connectivity index (χ2v) is 4.44. The molecular weight excluding hydrogens is 250 g/mol. The van der Waals surface area contributed by atoms with Crippen LogP contribution in [0.15, 0.2) is 48.8 Å². The minimum atomic E-state index is 0.0647. The molecule has 2 rings (SSSR count). The molecular formula is C16H17N3O. The number of nitriles is 1. The second-order valence-electron chi connectivity index (χ2n) is 4.44. The Kier molecular flexibility index (Phi) is 5.10. The third-order valence-corrected chi connectivity index (χ3v) is 3.05. The van der Waals surface area contributed by atoms with Crippen molar-refractivity contribution >= 4 is 0 Å². The van der Waals surface area contributed by atoms with Gasteiger partial charge in [0.2, 0.25) is 0 Å². The molecule has 0 spiro atoms. The Morgan fingerprint density at radius 2 is 2.15 bits per heavy atom. The Labute approximate surface area is 119 Å². The van der Waals surface area contributed by atoms with Gasteiger partial charge >= 0.3 is 0 Å². The van der Waals surface area contributed by atoms with E-state index in [2.05, 4.69) is 17.2 Å². The first-order chi connectivity index (χ1) is 9.81. The summed E-state index contributed by atoms with van der Waals surface area (Å²) in [7, 11) is 0. The van der Waals surface area contributed by atoms with Crippen molar-refractivity contribution in [3.05, 3.63) is 59.9 Å². The summed E-state index contributed by atoms with van der Waals surface area (Å²) in [5.74, 6) is 0.750. The van der Waals surface area contributed by atoms with Gasteiger partial charge < -0.3 is 10.1 Å². The normalized spacial score (nSPS) is 11.6. The van der Waals surface area contributed by atoms with E-state index in [-0.39, 0.29) is 12.6 Å². The van der Waals surface area contributed by atoms with Crippen LogP contribution in [0.4, 0.5) is 0 Å². The highest BCUT2D eigenvalue weighted by molar-refractivity contribution is 5.33. The number of nitrogens with one attached hydrogen (secondary N) is 1. The molecule has 0 aliphatic heterocycles. The highest BCUT2D eigenvalue weighted by atomic mass is 16.5. The molecule has 1 N–H and O–H groups in total. The van der Waals surface area contributed by atoms with Crippen molar-refractivity contribution in [3.8, 4) is 11.8 Å². The molecule has 1 atom stereocenters. The highest BCUT2D eigenvalue weighted by Crippen LogP contribution is 2.19. The lowest BCUT2D eigenvalue weighted by Gasteiger charge is -2.15. The fraction of sp³-hybridized carbons (Fsp3) is 0.250.